The van der Waals surface area contributed by atoms with Gasteiger partial charge in [0.2, 0.25) is 0 Å². The lowest BCUT2D eigenvalue weighted by molar-refractivity contribution is 0.0928. The third kappa shape index (κ3) is 3.52. The molecule has 1 fully saturated rings. The monoisotopic (exact) mass is 414 g/mol. The molecule has 158 valence electrons. The average molecular weight is 415 g/mol. The SMILES string of the molecule is Cc1ccc(-n2[nH]c3c(cnc4ccc(C(=O)NC5CCCCC5)cc43)c2=O)cc1C. The fourth-order valence-electron chi connectivity index (χ4n) is 4.46. The van der Waals surface area contributed by atoms with E-state index >= 15 is 0 Å². The smallest absolute Gasteiger partial charge is 0.280 e. The molecule has 0 radical (unpaired) electrons. The summed E-state index contributed by atoms with van der Waals surface area (Å²) in [6, 6.07) is 11.7. The van der Waals surface area contributed by atoms with Crippen LogP contribution in [-0.4, -0.2) is 26.7 Å². The van der Waals surface area contributed by atoms with E-state index in [0.29, 0.717) is 16.5 Å². The van der Waals surface area contributed by atoms with E-state index in [1.165, 1.54) is 24.8 Å². The molecule has 0 bridgehead atoms. The van der Waals surface area contributed by atoms with E-state index in [-0.39, 0.29) is 17.5 Å². The molecule has 1 aliphatic rings. The van der Waals surface area contributed by atoms with Crippen molar-refractivity contribution in [2.45, 2.75) is 52.0 Å². The Labute approximate surface area is 180 Å². The number of benzene rings is 2. The molecular weight excluding hydrogens is 388 g/mol. The number of carbonyl (C=O) groups is 1. The first-order valence-electron chi connectivity index (χ1n) is 10.9. The van der Waals surface area contributed by atoms with Gasteiger partial charge < -0.3 is 5.32 Å². The zero-order chi connectivity index (χ0) is 21.5. The van der Waals surface area contributed by atoms with E-state index in [1.807, 2.05) is 44.2 Å². The van der Waals surface area contributed by atoms with Crippen LogP contribution in [0.5, 0.6) is 0 Å². The maximum atomic E-state index is 13.1. The summed E-state index contributed by atoms with van der Waals surface area (Å²) in [7, 11) is 0. The summed E-state index contributed by atoms with van der Waals surface area (Å²) in [4.78, 5) is 30.4. The summed E-state index contributed by atoms with van der Waals surface area (Å²) >= 11 is 0. The summed E-state index contributed by atoms with van der Waals surface area (Å²) in [6.45, 7) is 4.07. The standard InChI is InChI=1S/C25H26N4O2/c1-15-8-10-19(12-16(15)2)29-25(31)21-14-26-22-11-9-17(13-20(22)23(21)28-29)24(30)27-18-6-4-3-5-7-18/h8-14,18,28H,3-7H2,1-2H3,(H,27,30). The van der Waals surface area contributed by atoms with Gasteiger partial charge in [0.25, 0.3) is 11.5 Å². The topological polar surface area (TPSA) is 79.8 Å². The van der Waals surface area contributed by atoms with Crippen molar-refractivity contribution < 1.29 is 4.79 Å². The van der Waals surface area contributed by atoms with Crippen LogP contribution in [0.1, 0.15) is 53.6 Å². The Morgan fingerprint density at radius 3 is 2.61 bits per heavy atom. The molecule has 31 heavy (non-hydrogen) atoms. The Bertz CT molecular complexity index is 1360. The molecule has 4 aromatic rings. The van der Waals surface area contributed by atoms with Gasteiger partial charge in [0.15, 0.2) is 0 Å². The summed E-state index contributed by atoms with van der Waals surface area (Å²) in [5, 5.41) is 7.70. The highest BCUT2D eigenvalue weighted by molar-refractivity contribution is 6.06. The van der Waals surface area contributed by atoms with Crippen LogP contribution >= 0.6 is 0 Å². The van der Waals surface area contributed by atoms with Gasteiger partial charge in [0, 0.05) is 23.2 Å². The van der Waals surface area contributed by atoms with Crippen molar-refractivity contribution in [2.75, 3.05) is 0 Å². The largest absolute Gasteiger partial charge is 0.349 e. The summed E-state index contributed by atoms with van der Waals surface area (Å²) in [5.41, 5.74) is 4.96. The van der Waals surface area contributed by atoms with Crippen molar-refractivity contribution in [3.63, 3.8) is 0 Å². The zero-order valence-corrected chi connectivity index (χ0v) is 17.9. The molecule has 2 aromatic carbocycles. The minimum absolute atomic E-state index is 0.0678. The van der Waals surface area contributed by atoms with Crippen molar-refractivity contribution in [1.29, 1.82) is 0 Å². The summed E-state index contributed by atoms with van der Waals surface area (Å²) in [6.07, 6.45) is 7.27. The van der Waals surface area contributed by atoms with Gasteiger partial charge >= 0.3 is 0 Å². The number of aromatic nitrogens is 3. The first-order chi connectivity index (χ1) is 15.0. The van der Waals surface area contributed by atoms with Gasteiger partial charge in [-0.3, -0.25) is 19.7 Å². The van der Waals surface area contributed by atoms with E-state index < -0.39 is 0 Å². The number of H-pyrrole nitrogens is 1. The fraction of sp³-hybridized carbons (Fsp3) is 0.320. The molecule has 0 unspecified atom stereocenters. The van der Waals surface area contributed by atoms with E-state index in [9.17, 15) is 9.59 Å². The van der Waals surface area contributed by atoms with E-state index in [1.54, 1.807) is 16.9 Å². The van der Waals surface area contributed by atoms with Gasteiger partial charge in [-0.1, -0.05) is 25.3 Å². The highest BCUT2D eigenvalue weighted by atomic mass is 16.1. The first-order valence-corrected chi connectivity index (χ1v) is 10.9. The van der Waals surface area contributed by atoms with Gasteiger partial charge in [-0.25, -0.2) is 4.68 Å². The predicted octanol–water partition coefficient (Wildman–Crippen LogP) is 4.55. The van der Waals surface area contributed by atoms with Crippen LogP contribution in [0.25, 0.3) is 27.5 Å². The number of hydrogen-bond donors (Lipinski definition) is 2. The number of carbonyl (C=O) groups excluding carboxylic acids is 1. The Kier molecular flexibility index (Phi) is 4.85. The quantitative estimate of drug-likeness (QED) is 0.516. The number of rotatable bonds is 3. The van der Waals surface area contributed by atoms with Crippen molar-refractivity contribution >= 4 is 27.7 Å². The molecule has 1 amide bonds. The maximum absolute atomic E-state index is 13.1. The molecule has 0 saturated heterocycles. The van der Waals surface area contributed by atoms with Crippen molar-refractivity contribution in [1.82, 2.24) is 20.1 Å². The lowest BCUT2D eigenvalue weighted by Crippen LogP contribution is -2.36. The number of aromatic amines is 1. The number of nitrogens with zero attached hydrogens (tertiary/aromatic N) is 2. The van der Waals surface area contributed by atoms with Crippen LogP contribution in [0.15, 0.2) is 47.4 Å². The first kappa shape index (κ1) is 19.5. The molecule has 0 aliphatic heterocycles. The Balaban J connectivity index is 1.58. The van der Waals surface area contributed by atoms with Crippen LogP contribution < -0.4 is 10.9 Å². The number of hydrogen-bond acceptors (Lipinski definition) is 3. The number of pyridine rings is 1. The molecule has 1 saturated carbocycles. The zero-order valence-electron chi connectivity index (χ0n) is 17.9. The second kappa shape index (κ2) is 7.69. The van der Waals surface area contributed by atoms with Crippen LogP contribution in [0.2, 0.25) is 0 Å². The van der Waals surface area contributed by atoms with Crippen LogP contribution in [0.4, 0.5) is 0 Å². The minimum atomic E-state index is -0.148. The molecular formula is C25H26N4O2. The average Bonchev–Trinajstić information content (AvgIpc) is 3.13. The lowest BCUT2D eigenvalue weighted by Gasteiger charge is -2.22. The number of fused-ring (bicyclic) bond motifs is 3. The van der Waals surface area contributed by atoms with E-state index in [0.717, 1.165) is 35.0 Å². The highest BCUT2D eigenvalue weighted by Gasteiger charge is 2.18. The summed E-state index contributed by atoms with van der Waals surface area (Å²) in [5.74, 6) is -0.0678. The third-order valence-electron chi connectivity index (χ3n) is 6.48. The second-order valence-corrected chi connectivity index (χ2v) is 8.61. The van der Waals surface area contributed by atoms with Gasteiger partial charge in [-0.15, -0.1) is 0 Å². The molecule has 6 heteroatoms. The van der Waals surface area contributed by atoms with Gasteiger partial charge in [-0.05, 0) is 68.1 Å². The normalized spacial score (nSPS) is 14.9. The van der Waals surface area contributed by atoms with Crippen LogP contribution in [0.3, 0.4) is 0 Å². The third-order valence-corrected chi connectivity index (χ3v) is 6.48. The maximum Gasteiger partial charge on any atom is 0.280 e. The lowest BCUT2D eigenvalue weighted by atomic mass is 9.95. The van der Waals surface area contributed by atoms with E-state index in [2.05, 4.69) is 15.4 Å². The predicted molar refractivity (Wildman–Crippen MR) is 123 cm³/mol. The molecule has 5 rings (SSSR count). The van der Waals surface area contributed by atoms with E-state index in [4.69, 9.17) is 0 Å². The molecule has 0 spiro atoms. The minimum Gasteiger partial charge on any atom is -0.349 e. The Morgan fingerprint density at radius 1 is 1.03 bits per heavy atom. The highest BCUT2D eigenvalue weighted by Crippen LogP contribution is 2.24. The number of aryl methyl sites for hydroxylation is 2. The van der Waals surface area contributed by atoms with Crippen molar-refractivity contribution in [3.05, 3.63) is 69.6 Å². The fourth-order valence-corrected chi connectivity index (χ4v) is 4.46. The molecule has 2 aromatic heterocycles. The van der Waals surface area contributed by atoms with Crippen LogP contribution in [-0.2, 0) is 0 Å². The number of nitrogens with one attached hydrogen (secondary N) is 2. The molecule has 2 N–H and O–H groups in total. The molecule has 2 heterocycles. The number of amides is 1. The van der Waals surface area contributed by atoms with Crippen LogP contribution in [0, 0.1) is 13.8 Å². The van der Waals surface area contributed by atoms with Gasteiger partial charge in [0.05, 0.1) is 22.1 Å². The molecule has 6 nitrogen and oxygen atoms in total. The Morgan fingerprint density at radius 2 is 1.84 bits per heavy atom. The molecule has 0 atom stereocenters. The Hall–Kier alpha value is -3.41. The second-order valence-electron chi connectivity index (χ2n) is 8.61. The molecule has 1 aliphatic carbocycles. The summed E-state index contributed by atoms with van der Waals surface area (Å²) < 4.78 is 1.55. The van der Waals surface area contributed by atoms with Crippen molar-refractivity contribution in [2.24, 2.45) is 0 Å². The van der Waals surface area contributed by atoms with Gasteiger partial charge in [-0.2, -0.15) is 0 Å². The van der Waals surface area contributed by atoms with Crippen molar-refractivity contribution in [3.8, 4) is 5.69 Å². The van der Waals surface area contributed by atoms with Gasteiger partial charge in [0.1, 0.15) is 0 Å².